The SMILES string of the molecule is CC[C@@H](C)C(=O)c1ccc(OC2CC2)cc1. The summed E-state index contributed by atoms with van der Waals surface area (Å²) in [5.74, 6) is 1.21. The summed E-state index contributed by atoms with van der Waals surface area (Å²) in [7, 11) is 0. The Morgan fingerprint density at radius 2 is 2.00 bits per heavy atom. The molecule has 0 unspecified atom stereocenters. The fraction of sp³-hybridized carbons (Fsp3) is 0.500. The number of carbonyl (C=O) groups excluding carboxylic acids is 1. The van der Waals surface area contributed by atoms with Crippen molar-refractivity contribution >= 4 is 5.78 Å². The van der Waals surface area contributed by atoms with Crippen molar-refractivity contribution in [3.05, 3.63) is 29.8 Å². The minimum atomic E-state index is 0.107. The molecule has 0 N–H and O–H groups in total. The van der Waals surface area contributed by atoms with Crippen molar-refractivity contribution in [1.82, 2.24) is 0 Å². The topological polar surface area (TPSA) is 26.3 Å². The Morgan fingerprint density at radius 3 is 2.50 bits per heavy atom. The first kappa shape index (κ1) is 11.2. The predicted molar refractivity (Wildman–Crippen MR) is 63.9 cm³/mol. The average molecular weight is 218 g/mol. The van der Waals surface area contributed by atoms with Crippen LogP contribution in [0.4, 0.5) is 0 Å². The highest BCUT2D eigenvalue weighted by Crippen LogP contribution is 2.27. The smallest absolute Gasteiger partial charge is 0.165 e. The molecule has 2 heteroatoms. The van der Waals surface area contributed by atoms with Gasteiger partial charge in [0.15, 0.2) is 5.78 Å². The maximum atomic E-state index is 11.9. The Morgan fingerprint density at radius 1 is 1.38 bits per heavy atom. The van der Waals surface area contributed by atoms with Gasteiger partial charge in [0.05, 0.1) is 6.10 Å². The number of benzene rings is 1. The van der Waals surface area contributed by atoms with Crippen LogP contribution in [0.1, 0.15) is 43.5 Å². The molecule has 1 fully saturated rings. The molecular formula is C14H18O2. The summed E-state index contributed by atoms with van der Waals surface area (Å²) < 4.78 is 5.64. The zero-order valence-corrected chi connectivity index (χ0v) is 9.90. The number of ketones is 1. The number of carbonyl (C=O) groups is 1. The van der Waals surface area contributed by atoms with E-state index in [1.165, 1.54) is 0 Å². The maximum absolute atomic E-state index is 11.9. The van der Waals surface area contributed by atoms with Gasteiger partial charge in [0.2, 0.25) is 0 Å². The van der Waals surface area contributed by atoms with Crippen LogP contribution in [0.15, 0.2) is 24.3 Å². The van der Waals surface area contributed by atoms with Gasteiger partial charge in [-0.3, -0.25) is 4.79 Å². The predicted octanol–water partition coefficient (Wildman–Crippen LogP) is 3.46. The minimum Gasteiger partial charge on any atom is -0.490 e. The van der Waals surface area contributed by atoms with Gasteiger partial charge < -0.3 is 4.74 Å². The summed E-state index contributed by atoms with van der Waals surface area (Å²) in [6, 6.07) is 7.53. The Labute approximate surface area is 96.6 Å². The van der Waals surface area contributed by atoms with Crippen LogP contribution in [-0.4, -0.2) is 11.9 Å². The summed E-state index contributed by atoms with van der Waals surface area (Å²) in [6.07, 6.45) is 3.62. The van der Waals surface area contributed by atoms with Crippen LogP contribution in [0.5, 0.6) is 5.75 Å². The van der Waals surface area contributed by atoms with Crippen LogP contribution < -0.4 is 4.74 Å². The van der Waals surface area contributed by atoms with Gasteiger partial charge in [0, 0.05) is 11.5 Å². The second-order valence-corrected chi connectivity index (χ2v) is 4.52. The highest BCUT2D eigenvalue weighted by molar-refractivity contribution is 5.97. The van der Waals surface area contributed by atoms with E-state index in [1.54, 1.807) is 0 Å². The van der Waals surface area contributed by atoms with Crippen molar-refractivity contribution in [3.8, 4) is 5.75 Å². The van der Waals surface area contributed by atoms with Crippen molar-refractivity contribution in [2.45, 2.75) is 39.2 Å². The van der Waals surface area contributed by atoms with Crippen molar-refractivity contribution in [3.63, 3.8) is 0 Å². The van der Waals surface area contributed by atoms with Gasteiger partial charge in [-0.1, -0.05) is 13.8 Å². The number of rotatable bonds is 5. The van der Waals surface area contributed by atoms with E-state index in [0.29, 0.717) is 6.10 Å². The molecule has 1 aliphatic carbocycles. The standard InChI is InChI=1S/C14H18O2/c1-3-10(2)14(15)11-4-6-12(7-5-11)16-13-8-9-13/h4-7,10,13H,3,8-9H2,1-2H3/t10-/m1/s1. The molecule has 2 rings (SSSR count). The van der Waals surface area contributed by atoms with Crippen molar-refractivity contribution in [1.29, 1.82) is 0 Å². The summed E-state index contributed by atoms with van der Waals surface area (Å²) in [4.78, 5) is 11.9. The highest BCUT2D eigenvalue weighted by atomic mass is 16.5. The third kappa shape index (κ3) is 2.63. The van der Waals surface area contributed by atoms with Gasteiger partial charge in [-0.15, -0.1) is 0 Å². The van der Waals surface area contributed by atoms with E-state index < -0.39 is 0 Å². The van der Waals surface area contributed by atoms with Crippen LogP contribution in [0.25, 0.3) is 0 Å². The lowest BCUT2D eigenvalue weighted by atomic mass is 9.97. The Kier molecular flexibility index (Phi) is 3.28. The lowest BCUT2D eigenvalue weighted by Crippen LogP contribution is -2.10. The molecule has 86 valence electrons. The molecule has 2 nitrogen and oxygen atoms in total. The lowest BCUT2D eigenvalue weighted by molar-refractivity contribution is 0.0927. The Bertz CT molecular complexity index is 363. The van der Waals surface area contributed by atoms with Gasteiger partial charge in [-0.2, -0.15) is 0 Å². The van der Waals surface area contributed by atoms with Gasteiger partial charge in [0.25, 0.3) is 0 Å². The Balaban J connectivity index is 2.02. The first-order valence-corrected chi connectivity index (χ1v) is 6.01. The third-order valence-electron chi connectivity index (χ3n) is 3.03. The number of hydrogen-bond acceptors (Lipinski definition) is 2. The summed E-state index contributed by atoms with van der Waals surface area (Å²) in [5, 5.41) is 0. The maximum Gasteiger partial charge on any atom is 0.165 e. The summed E-state index contributed by atoms with van der Waals surface area (Å²) in [5.41, 5.74) is 0.789. The van der Waals surface area contributed by atoms with Crippen LogP contribution in [0, 0.1) is 5.92 Å². The molecular weight excluding hydrogens is 200 g/mol. The van der Waals surface area contributed by atoms with Crippen LogP contribution >= 0.6 is 0 Å². The van der Waals surface area contributed by atoms with Crippen LogP contribution in [-0.2, 0) is 0 Å². The van der Waals surface area contributed by atoms with E-state index in [1.807, 2.05) is 38.1 Å². The molecule has 0 saturated heterocycles. The third-order valence-corrected chi connectivity index (χ3v) is 3.03. The molecule has 0 heterocycles. The van der Waals surface area contributed by atoms with Crippen LogP contribution in [0.2, 0.25) is 0 Å². The van der Waals surface area contributed by atoms with Crippen molar-refractivity contribution in [2.24, 2.45) is 5.92 Å². The molecule has 0 radical (unpaired) electrons. The van der Waals surface area contributed by atoms with Crippen LogP contribution in [0.3, 0.4) is 0 Å². The molecule has 0 aliphatic heterocycles. The average Bonchev–Trinajstić information content (AvgIpc) is 3.12. The molecule has 0 amide bonds. The van der Waals surface area contributed by atoms with Gasteiger partial charge in [0.1, 0.15) is 5.75 Å². The normalized spacial score (nSPS) is 16.9. The van der Waals surface area contributed by atoms with E-state index >= 15 is 0 Å². The molecule has 0 bridgehead atoms. The van der Waals surface area contributed by atoms with E-state index in [9.17, 15) is 4.79 Å². The molecule has 0 spiro atoms. The van der Waals surface area contributed by atoms with Gasteiger partial charge in [-0.25, -0.2) is 0 Å². The first-order chi connectivity index (χ1) is 7.70. The van der Waals surface area contributed by atoms with Crippen molar-refractivity contribution < 1.29 is 9.53 Å². The van der Waals surface area contributed by atoms with E-state index in [-0.39, 0.29) is 11.7 Å². The number of hydrogen-bond donors (Lipinski definition) is 0. The molecule has 1 saturated carbocycles. The monoisotopic (exact) mass is 218 g/mol. The largest absolute Gasteiger partial charge is 0.490 e. The number of ether oxygens (including phenoxy) is 1. The first-order valence-electron chi connectivity index (χ1n) is 6.01. The zero-order valence-electron chi connectivity index (χ0n) is 9.90. The Hall–Kier alpha value is -1.31. The molecule has 1 atom stereocenters. The second-order valence-electron chi connectivity index (χ2n) is 4.52. The zero-order chi connectivity index (χ0) is 11.5. The highest BCUT2D eigenvalue weighted by Gasteiger charge is 2.23. The van der Waals surface area contributed by atoms with E-state index in [4.69, 9.17) is 4.74 Å². The minimum absolute atomic E-state index is 0.107. The number of Topliss-reactive ketones (excluding diaryl/α,β-unsaturated/α-hetero) is 1. The fourth-order valence-electron chi connectivity index (χ4n) is 1.55. The molecule has 16 heavy (non-hydrogen) atoms. The summed E-state index contributed by atoms with van der Waals surface area (Å²) >= 11 is 0. The molecule has 1 aromatic carbocycles. The van der Waals surface area contributed by atoms with Crippen molar-refractivity contribution in [2.75, 3.05) is 0 Å². The van der Waals surface area contributed by atoms with E-state index in [0.717, 1.165) is 30.6 Å². The van der Waals surface area contributed by atoms with Gasteiger partial charge in [-0.05, 0) is 43.5 Å². The van der Waals surface area contributed by atoms with Gasteiger partial charge >= 0.3 is 0 Å². The second kappa shape index (κ2) is 4.69. The quantitative estimate of drug-likeness (QED) is 0.707. The molecule has 1 aliphatic rings. The molecule has 1 aromatic rings. The summed E-state index contributed by atoms with van der Waals surface area (Å²) in [6.45, 7) is 4.00. The molecule has 0 aromatic heterocycles. The van der Waals surface area contributed by atoms with E-state index in [2.05, 4.69) is 0 Å². The lowest BCUT2D eigenvalue weighted by Gasteiger charge is -2.08. The fourth-order valence-corrected chi connectivity index (χ4v) is 1.55.